The number of carbonyl (C=O) groups is 1. The number of imidazole rings is 1. The van der Waals surface area contributed by atoms with E-state index in [9.17, 15) is 4.79 Å². The fraction of sp³-hybridized carbons (Fsp3) is 0.346. The fourth-order valence-corrected chi connectivity index (χ4v) is 4.46. The Morgan fingerprint density at radius 2 is 1.86 bits per heavy atom. The highest BCUT2D eigenvalue weighted by Crippen LogP contribution is 2.31. The maximum Gasteiger partial charge on any atom is 0.252 e. The van der Waals surface area contributed by atoms with E-state index in [-0.39, 0.29) is 11.9 Å². The van der Waals surface area contributed by atoms with Crippen molar-refractivity contribution in [1.82, 2.24) is 39.5 Å². The summed E-state index contributed by atoms with van der Waals surface area (Å²) in [5, 5.41) is 3.06. The van der Waals surface area contributed by atoms with Crippen LogP contribution in [-0.2, 0) is 0 Å². The van der Waals surface area contributed by atoms with Crippen molar-refractivity contribution in [3.63, 3.8) is 0 Å². The minimum absolute atomic E-state index is 0.118. The Morgan fingerprint density at radius 1 is 1.03 bits per heavy atom. The van der Waals surface area contributed by atoms with E-state index in [2.05, 4.69) is 37.1 Å². The molecule has 0 unspecified atom stereocenters. The third-order valence-corrected chi connectivity index (χ3v) is 6.46. The first-order valence-corrected chi connectivity index (χ1v) is 12.2. The SMILES string of the molecule is Cc1cccc(-c2nc3ccc(C(=O)NCCCN4CCN(C)CC4)cn3c2-c2ccnc(N)n2)n1. The number of pyridine rings is 2. The molecule has 5 heterocycles. The molecule has 0 aromatic carbocycles. The van der Waals surface area contributed by atoms with Crippen LogP contribution in [0.4, 0.5) is 5.95 Å². The number of anilines is 1. The summed E-state index contributed by atoms with van der Waals surface area (Å²) < 4.78 is 1.88. The summed E-state index contributed by atoms with van der Waals surface area (Å²) >= 11 is 0. The van der Waals surface area contributed by atoms with Gasteiger partial charge in [0.15, 0.2) is 0 Å². The van der Waals surface area contributed by atoms with Crippen LogP contribution in [0.5, 0.6) is 0 Å². The minimum Gasteiger partial charge on any atom is -0.368 e. The van der Waals surface area contributed by atoms with Crippen LogP contribution < -0.4 is 11.1 Å². The molecule has 4 aromatic rings. The van der Waals surface area contributed by atoms with Gasteiger partial charge in [-0.3, -0.25) is 14.2 Å². The number of fused-ring (bicyclic) bond motifs is 1. The smallest absolute Gasteiger partial charge is 0.252 e. The lowest BCUT2D eigenvalue weighted by Gasteiger charge is -2.32. The van der Waals surface area contributed by atoms with Crippen LogP contribution in [0, 0.1) is 6.92 Å². The van der Waals surface area contributed by atoms with Gasteiger partial charge in [0.1, 0.15) is 17.0 Å². The third kappa shape index (κ3) is 5.19. The average Bonchev–Trinajstić information content (AvgIpc) is 3.26. The Bertz CT molecular complexity index is 1380. The molecule has 1 aliphatic rings. The van der Waals surface area contributed by atoms with Crippen LogP contribution in [0.1, 0.15) is 22.5 Å². The summed E-state index contributed by atoms with van der Waals surface area (Å²) in [6, 6.07) is 11.2. The average molecular weight is 486 g/mol. The molecule has 0 atom stereocenters. The molecule has 1 saturated heterocycles. The second-order valence-corrected chi connectivity index (χ2v) is 9.17. The number of nitrogens with two attached hydrogens (primary N) is 1. The summed E-state index contributed by atoms with van der Waals surface area (Å²) in [5.41, 5.74) is 10.7. The van der Waals surface area contributed by atoms with Crippen LogP contribution in [0.15, 0.2) is 48.8 Å². The zero-order chi connectivity index (χ0) is 25.1. The first-order valence-electron chi connectivity index (χ1n) is 12.2. The molecule has 0 bridgehead atoms. The molecule has 186 valence electrons. The monoisotopic (exact) mass is 485 g/mol. The number of piperazine rings is 1. The highest BCUT2D eigenvalue weighted by atomic mass is 16.1. The summed E-state index contributed by atoms with van der Waals surface area (Å²) in [7, 11) is 2.15. The van der Waals surface area contributed by atoms with Gasteiger partial charge in [-0.25, -0.2) is 15.0 Å². The van der Waals surface area contributed by atoms with E-state index in [0.29, 0.717) is 34.8 Å². The molecule has 0 saturated carbocycles. The van der Waals surface area contributed by atoms with E-state index in [1.807, 2.05) is 35.6 Å². The molecular weight excluding hydrogens is 454 g/mol. The molecule has 10 heteroatoms. The lowest BCUT2D eigenvalue weighted by atomic mass is 10.1. The van der Waals surface area contributed by atoms with Crippen molar-refractivity contribution in [1.29, 1.82) is 0 Å². The third-order valence-electron chi connectivity index (χ3n) is 6.46. The highest BCUT2D eigenvalue weighted by molar-refractivity contribution is 5.94. The van der Waals surface area contributed by atoms with Gasteiger partial charge in [0.2, 0.25) is 5.95 Å². The number of nitrogens with zero attached hydrogens (tertiary/aromatic N) is 7. The van der Waals surface area contributed by atoms with E-state index in [1.165, 1.54) is 0 Å². The number of aromatic nitrogens is 5. The van der Waals surface area contributed by atoms with Gasteiger partial charge >= 0.3 is 0 Å². The second-order valence-electron chi connectivity index (χ2n) is 9.17. The summed E-state index contributed by atoms with van der Waals surface area (Å²) in [6.45, 7) is 7.90. The van der Waals surface area contributed by atoms with Gasteiger partial charge in [-0.15, -0.1) is 0 Å². The van der Waals surface area contributed by atoms with Gasteiger partial charge in [0.05, 0.1) is 17.0 Å². The number of carbonyl (C=O) groups excluding carboxylic acids is 1. The molecule has 36 heavy (non-hydrogen) atoms. The summed E-state index contributed by atoms with van der Waals surface area (Å²) in [6.07, 6.45) is 4.32. The Balaban J connectivity index is 1.39. The molecule has 0 radical (unpaired) electrons. The van der Waals surface area contributed by atoms with E-state index in [0.717, 1.165) is 50.5 Å². The zero-order valence-electron chi connectivity index (χ0n) is 20.7. The summed E-state index contributed by atoms with van der Waals surface area (Å²) in [4.78, 5) is 35.7. The van der Waals surface area contributed by atoms with Crippen LogP contribution in [-0.4, -0.2) is 86.4 Å². The van der Waals surface area contributed by atoms with Crippen LogP contribution >= 0.6 is 0 Å². The van der Waals surface area contributed by atoms with Crippen molar-refractivity contribution in [3.8, 4) is 22.8 Å². The first-order chi connectivity index (χ1) is 17.5. The number of nitrogen functional groups attached to an aromatic ring is 1. The van der Waals surface area contributed by atoms with Crippen molar-refractivity contribution >= 4 is 17.5 Å². The van der Waals surface area contributed by atoms with Gasteiger partial charge in [-0.1, -0.05) is 6.07 Å². The van der Waals surface area contributed by atoms with Crippen LogP contribution in [0.2, 0.25) is 0 Å². The number of nitrogens with one attached hydrogen (secondary N) is 1. The molecule has 5 rings (SSSR count). The number of hydrogen-bond donors (Lipinski definition) is 2. The maximum atomic E-state index is 13.0. The lowest BCUT2D eigenvalue weighted by molar-refractivity contribution is 0.0949. The van der Waals surface area contributed by atoms with E-state index in [4.69, 9.17) is 10.7 Å². The number of aryl methyl sites for hydroxylation is 1. The minimum atomic E-state index is -0.118. The van der Waals surface area contributed by atoms with Crippen molar-refractivity contribution in [3.05, 3.63) is 60.0 Å². The van der Waals surface area contributed by atoms with Crippen molar-refractivity contribution in [2.24, 2.45) is 0 Å². The lowest BCUT2D eigenvalue weighted by Crippen LogP contribution is -2.45. The van der Waals surface area contributed by atoms with Gasteiger partial charge in [-0.2, -0.15) is 0 Å². The maximum absolute atomic E-state index is 13.0. The highest BCUT2D eigenvalue weighted by Gasteiger charge is 2.20. The Kier molecular flexibility index (Phi) is 6.88. The second kappa shape index (κ2) is 10.4. The Hall–Kier alpha value is -3.89. The van der Waals surface area contributed by atoms with E-state index in [1.54, 1.807) is 24.5 Å². The summed E-state index contributed by atoms with van der Waals surface area (Å²) in [5.74, 6) is 0.0483. The Labute approximate surface area is 210 Å². The number of hydrogen-bond acceptors (Lipinski definition) is 8. The van der Waals surface area contributed by atoms with Gasteiger partial charge in [-0.05, 0) is 57.3 Å². The Morgan fingerprint density at radius 3 is 2.64 bits per heavy atom. The molecular formula is C26H31N9O. The normalized spacial score (nSPS) is 14.8. The largest absolute Gasteiger partial charge is 0.368 e. The fourth-order valence-electron chi connectivity index (χ4n) is 4.46. The molecule has 4 aromatic heterocycles. The van der Waals surface area contributed by atoms with Crippen LogP contribution in [0.3, 0.4) is 0 Å². The molecule has 0 aliphatic carbocycles. The molecule has 1 amide bonds. The molecule has 10 nitrogen and oxygen atoms in total. The number of amides is 1. The molecule has 1 aliphatic heterocycles. The van der Waals surface area contributed by atoms with Gasteiger partial charge < -0.3 is 20.9 Å². The van der Waals surface area contributed by atoms with Crippen molar-refractivity contribution in [2.45, 2.75) is 13.3 Å². The predicted octanol–water partition coefficient (Wildman–Crippen LogP) is 2.11. The van der Waals surface area contributed by atoms with Crippen molar-refractivity contribution in [2.75, 3.05) is 52.0 Å². The number of rotatable bonds is 7. The molecule has 3 N–H and O–H groups in total. The molecule has 0 spiro atoms. The quantitative estimate of drug-likeness (QED) is 0.382. The standard InChI is InChI=1S/C26H31N9O/c1-18-5-3-6-20(30-18)23-24(21-9-11-29-26(27)31-21)35-17-19(7-8-22(35)32-23)25(36)28-10-4-12-34-15-13-33(2)14-16-34/h3,5-9,11,17H,4,10,12-16H2,1-2H3,(H,28,36)(H2,27,29,31). The van der Waals surface area contributed by atoms with E-state index < -0.39 is 0 Å². The topological polar surface area (TPSA) is 118 Å². The van der Waals surface area contributed by atoms with Crippen molar-refractivity contribution < 1.29 is 4.79 Å². The van der Waals surface area contributed by atoms with E-state index >= 15 is 0 Å². The zero-order valence-corrected chi connectivity index (χ0v) is 20.7. The van der Waals surface area contributed by atoms with Gasteiger partial charge in [0, 0.05) is 50.8 Å². The van der Waals surface area contributed by atoms with Crippen LogP contribution in [0.25, 0.3) is 28.4 Å². The first kappa shape index (κ1) is 23.8. The molecule has 1 fully saturated rings. The predicted molar refractivity (Wildman–Crippen MR) is 139 cm³/mol. The number of likely N-dealkylation sites (N-methyl/N-ethyl adjacent to an activating group) is 1. The van der Waals surface area contributed by atoms with Gasteiger partial charge in [0.25, 0.3) is 5.91 Å².